The van der Waals surface area contributed by atoms with Gasteiger partial charge in [-0.1, -0.05) is 88.4 Å². The molecule has 0 radical (unpaired) electrons. The van der Waals surface area contributed by atoms with E-state index in [-0.39, 0.29) is 22.8 Å². The Morgan fingerprint density at radius 2 is 1.59 bits per heavy atom. The van der Waals surface area contributed by atoms with Crippen LogP contribution in [0.2, 0.25) is 0 Å². The molecule has 0 heterocycles. The normalized spacial score (nSPS) is 19.6. The molecule has 0 bridgehead atoms. The molecule has 0 N–H and O–H groups in total. The monoisotopic (exact) mass is 385 g/mol. The van der Waals surface area contributed by atoms with Gasteiger partial charge in [0.1, 0.15) is 0 Å². The Morgan fingerprint density at radius 3 is 2.34 bits per heavy atom. The van der Waals surface area contributed by atoms with Crippen LogP contribution in [-0.4, -0.2) is 23.4 Å². The number of likely N-dealkylation sites (N-methyl/N-ethyl adjacent to an activating group) is 1. The van der Waals surface area contributed by atoms with Gasteiger partial charge in [-0.3, -0.25) is 4.79 Å². The fraction of sp³-hybridized carbons (Fsp3) is 0.370. The standard InChI is InChI=1S/C27H31NO/c1-6-28(25(29)22-16-11-14-19-12-7-9-15-21(19)22)24-18-20-13-8-10-17-23(20)26(2,3)27(24,4)5/h7-17,24H,6,18H2,1-5H3/t24-/m1/s1. The highest BCUT2D eigenvalue weighted by Gasteiger charge is 2.51. The molecule has 3 aromatic rings. The average Bonchev–Trinajstić information content (AvgIpc) is 2.72. The lowest BCUT2D eigenvalue weighted by atomic mass is 9.55. The van der Waals surface area contributed by atoms with E-state index in [0.717, 1.165) is 22.8 Å². The Labute approximate surface area is 174 Å². The minimum absolute atomic E-state index is 0.0288. The van der Waals surface area contributed by atoms with E-state index in [0.29, 0.717) is 6.54 Å². The first-order valence-corrected chi connectivity index (χ1v) is 10.7. The highest BCUT2D eigenvalue weighted by Crippen LogP contribution is 2.51. The second-order valence-electron chi connectivity index (χ2n) is 9.34. The minimum Gasteiger partial charge on any atom is -0.335 e. The predicted octanol–water partition coefficient (Wildman–Crippen LogP) is 6.23. The van der Waals surface area contributed by atoms with Crippen LogP contribution in [0.1, 0.15) is 56.1 Å². The molecule has 0 saturated carbocycles. The number of benzene rings is 3. The zero-order valence-corrected chi connectivity index (χ0v) is 18.2. The zero-order valence-electron chi connectivity index (χ0n) is 18.2. The summed E-state index contributed by atoms with van der Waals surface area (Å²) in [7, 11) is 0. The maximum Gasteiger partial charge on any atom is 0.254 e. The topological polar surface area (TPSA) is 20.3 Å². The molecule has 2 nitrogen and oxygen atoms in total. The van der Waals surface area contributed by atoms with E-state index in [1.54, 1.807) is 0 Å². The SMILES string of the molecule is CCN(C(=O)c1cccc2ccccc12)[C@@H]1Cc2ccccc2C(C)(C)C1(C)C. The van der Waals surface area contributed by atoms with Crippen molar-refractivity contribution in [2.75, 3.05) is 6.54 Å². The van der Waals surface area contributed by atoms with Gasteiger partial charge in [-0.25, -0.2) is 0 Å². The second-order valence-corrected chi connectivity index (χ2v) is 9.34. The van der Waals surface area contributed by atoms with Gasteiger partial charge < -0.3 is 4.90 Å². The molecule has 1 aliphatic rings. The molecule has 1 aliphatic carbocycles. The van der Waals surface area contributed by atoms with E-state index in [4.69, 9.17) is 0 Å². The summed E-state index contributed by atoms with van der Waals surface area (Å²) >= 11 is 0. The number of rotatable bonds is 3. The fourth-order valence-corrected chi connectivity index (χ4v) is 5.11. The summed E-state index contributed by atoms with van der Waals surface area (Å²) in [6, 6.07) is 23.1. The van der Waals surface area contributed by atoms with E-state index in [9.17, 15) is 4.79 Å². The van der Waals surface area contributed by atoms with Crippen molar-refractivity contribution < 1.29 is 4.79 Å². The average molecular weight is 386 g/mol. The smallest absolute Gasteiger partial charge is 0.254 e. The van der Waals surface area contributed by atoms with Crippen LogP contribution in [0.4, 0.5) is 0 Å². The Balaban J connectivity index is 1.81. The highest BCUT2D eigenvalue weighted by molar-refractivity contribution is 6.07. The lowest BCUT2D eigenvalue weighted by Gasteiger charge is -2.55. The van der Waals surface area contributed by atoms with Crippen LogP contribution in [0.15, 0.2) is 66.7 Å². The van der Waals surface area contributed by atoms with Crippen molar-refractivity contribution in [3.63, 3.8) is 0 Å². The number of nitrogens with zero attached hydrogens (tertiary/aromatic N) is 1. The lowest BCUT2D eigenvalue weighted by Crippen LogP contribution is -2.58. The molecule has 0 aliphatic heterocycles. The third-order valence-electron chi connectivity index (χ3n) is 7.55. The van der Waals surface area contributed by atoms with Gasteiger partial charge in [-0.05, 0) is 52.1 Å². The van der Waals surface area contributed by atoms with Crippen LogP contribution in [-0.2, 0) is 11.8 Å². The van der Waals surface area contributed by atoms with Crippen molar-refractivity contribution in [2.24, 2.45) is 5.41 Å². The number of carbonyl (C=O) groups is 1. The third-order valence-corrected chi connectivity index (χ3v) is 7.55. The molecule has 1 atom stereocenters. The van der Waals surface area contributed by atoms with E-state index in [1.165, 1.54) is 11.1 Å². The summed E-state index contributed by atoms with van der Waals surface area (Å²) in [6.07, 6.45) is 0.900. The van der Waals surface area contributed by atoms with E-state index in [2.05, 4.69) is 82.0 Å². The van der Waals surface area contributed by atoms with Gasteiger partial charge in [0.05, 0.1) is 0 Å². The number of hydrogen-bond donors (Lipinski definition) is 0. The minimum atomic E-state index is -0.0579. The summed E-state index contributed by atoms with van der Waals surface area (Å²) in [6.45, 7) is 12.1. The van der Waals surface area contributed by atoms with Gasteiger partial charge >= 0.3 is 0 Å². The first-order valence-electron chi connectivity index (χ1n) is 10.7. The Hall–Kier alpha value is -2.61. The zero-order chi connectivity index (χ0) is 20.8. The number of carbonyl (C=O) groups excluding carboxylic acids is 1. The summed E-state index contributed by atoms with van der Waals surface area (Å²) in [5.74, 6) is 0.137. The van der Waals surface area contributed by atoms with Crippen molar-refractivity contribution in [1.29, 1.82) is 0 Å². The molecule has 150 valence electrons. The Morgan fingerprint density at radius 1 is 0.931 bits per heavy atom. The fourth-order valence-electron chi connectivity index (χ4n) is 5.11. The molecule has 0 spiro atoms. The summed E-state index contributed by atoms with van der Waals surface area (Å²) in [5.41, 5.74) is 3.50. The number of hydrogen-bond acceptors (Lipinski definition) is 1. The first kappa shape index (κ1) is 19.7. The molecular formula is C27H31NO. The lowest BCUT2D eigenvalue weighted by molar-refractivity contribution is 0.0216. The summed E-state index contributed by atoms with van der Waals surface area (Å²) in [4.78, 5) is 15.9. The van der Waals surface area contributed by atoms with Gasteiger partial charge in [0.2, 0.25) is 0 Å². The molecule has 0 unspecified atom stereocenters. The van der Waals surface area contributed by atoms with Crippen LogP contribution in [0.5, 0.6) is 0 Å². The molecule has 3 aromatic carbocycles. The predicted molar refractivity (Wildman–Crippen MR) is 121 cm³/mol. The van der Waals surface area contributed by atoms with Crippen LogP contribution < -0.4 is 0 Å². The van der Waals surface area contributed by atoms with Gasteiger partial charge in [0.25, 0.3) is 5.91 Å². The molecule has 4 rings (SSSR count). The third kappa shape index (κ3) is 2.97. The molecule has 0 saturated heterocycles. The van der Waals surface area contributed by atoms with E-state index in [1.807, 2.05) is 24.3 Å². The Kier molecular flexibility index (Phi) is 4.77. The maximum absolute atomic E-state index is 13.8. The largest absolute Gasteiger partial charge is 0.335 e. The highest BCUT2D eigenvalue weighted by atomic mass is 16.2. The number of fused-ring (bicyclic) bond motifs is 2. The van der Waals surface area contributed by atoms with E-state index < -0.39 is 0 Å². The summed E-state index contributed by atoms with van der Waals surface area (Å²) < 4.78 is 0. The molecule has 29 heavy (non-hydrogen) atoms. The van der Waals surface area contributed by atoms with E-state index >= 15 is 0 Å². The molecule has 0 fully saturated rings. The van der Waals surface area contributed by atoms with Crippen molar-refractivity contribution >= 4 is 16.7 Å². The van der Waals surface area contributed by atoms with Crippen LogP contribution in [0.3, 0.4) is 0 Å². The second kappa shape index (κ2) is 7.02. The van der Waals surface area contributed by atoms with Gasteiger partial charge in [0.15, 0.2) is 0 Å². The molecule has 1 amide bonds. The molecular weight excluding hydrogens is 354 g/mol. The summed E-state index contributed by atoms with van der Waals surface area (Å²) in [5, 5.41) is 2.15. The van der Waals surface area contributed by atoms with Crippen LogP contribution in [0.25, 0.3) is 10.8 Å². The molecule has 2 heteroatoms. The number of amides is 1. The maximum atomic E-state index is 13.8. The van der Waals surface area contributed by atoms with Crippen molar-refractivity contribution in [3.05, 3.63) is 83.4 Å². The van der Waals surface area contributed by atoms with Crippen molar-refractivity contribution in [2.45, 2.75) is 52.5 Å². The Bertz CT molecular complexity index is 1060. The first-order chi connectivity index (χ1) is 13.8. The van der Waals surface area contributed by atoms with Crippen LogP contribution >= 0.6 is 0 Å². The van der Waals surface area contributed by atoms with Crippen LogP contribution in [0, 0.1) is 5.41 Å². The van der Waals surface area contributed by atoms with Crippen molar-refractivity contribution in [3.8, 4) is 0 Å². The molecule has 0 aromatic heterocycles. The quantitative estimate of drug-likeness (QED) is 0.523. The van der Waals surface area contributed by atoms with Crippen molar-refractivity contribution in [1.82, 2.24) is 4.90 Å². The van der Waals surface area contributed by atoms with Gasteiger partial charge in [-0.15, -0.1) is 0 Å². The van der Waals surface area contributed by atoms with Gasteiger partial charge in [-0.2, -0.15) is 0 Å². The van der Waals surface area contributed by atoms with Gasteiger partial charge in [0, 0.05) is 18.2 Å².